The molecule has 0 bridgehead atoms. The van der Waals surface area contributed by atoms with Crippen molar-refractivity contribution in [3.05, 3.63) is 23.5 Å². The Balaban J connectivity index is 2.74. The lowest BCUT2D eigenvalue weighted by atomic mass is 10.2. The van der Waals surface area contributed by atoms with E-state index in [-0.39, 0.29) is 30.3 Å². The summed E-state index contributed by atoms with van der Waals surface area (Å²) in [7, 11) is 0. The van der Waals surface area contributed by atoms with Gasteiger partial charge in [0.1, 0.15) is 18.4 Å². The first-order valence-electron chi connectivity index (χ1n) is 6.98. The van der Waals surface area contributed by atoms with Gasteiger partial charge in [-0.3, -0.25) is 14.4 Å². The highest BCUT2D eigenvalue weighted by Gasteiger charge is 2.22. The molecule has 2 N–H and O–H groups in total. The van der Waals surface area contributed by atoms with Crippen LogP contribution < -0.4 is 5.32 Å². The average molecular weight is 308 g/mol. The summed E-state index contributed by atoms with van der Waals surface area (Å²) in [6, 6.07) is 0.580. The third-order valence-electron chi connectivity index (χ3n) is 3.00. The van der Waals surface area contributed by atoms with Gasteiger partial charge in [-0.1, -0.05) is 6.92 Å². The van der Waals surface area contributed by atoms with E-state index in [0.29, 0.717) is 12.0 Å². The van der Waals surface area contributed by atoms with Gasteiger partial charge in [-0.05, 0) is 31.9 Å². The molecule has 0 radical (unpaired) electrons. The first-order valence-corrected chi connectivity index (χ1v) is 6.98. The molecule has 1 aromatic rings. The van der Waals surface area contributed by atoms with Gasteiger partial charge in [0.25, 0.3) is 5.91 Å². The minimum Gasteiger partial charge on any atom is -0.505 e. The lowest BCUT2D eigenvalue weighted by Crippen LogP contribution is -2.43. The number of carbonyl (C=O) groups excluding carboxylic acids is 3. The highest BCUT2D eigenvalue weighted by Crippen LogP contribution is 2.18. The number of amides is 1. The second kappa shape index (κ2) is 8.11. The summed E-state index contributed by atoms with van der Waals surface area (Å²) < 4.78 is 4.94. The summed E-state index contributed by atoms with van der Waals surface area (Å²) in [6.07, 6.45) is 2.27. The van der Waals surface area contributed by atoms with Gasteiger partial charge in [-0.15, -0.1) is 0 Å². The molecule has 1 heterocycles. The van der Waals surface area contributed by atoms with Crippen molar-refractivity contribution in [2.45, 2.75) is 39.7 Å². The number of carbonyl (C=O) groups is 3. The first-order chi connectivity index (χ1) is 10.4. The average Bonchev–Trinajstić information content (AvgIpc) is 2.46. The molecular weight excluding hydrogens is 288 g/mol. The smallest absolute Gasteiger partial charge is 0.305 e. The molecule has 0 aliphatic heterocycles. The quantitative estimate of drug-likeness (QED) is 0.731. The summed E-state index contributed by atoms with van der Waals surface area (Å²) in [6.45, 7) is 4.50. The molecule has 1 unspecified atom stereocenters. The summed E-state index contributed by atoms with van der Waals surface area (Å²) in [5, 5.41) is 12.2. The molecule has 0 fully saturated rings. The van der Waals surface area contributed by atoms with E-state index in [1.54, 1.807) is 13.0 Å². The van der Waals surface area contributed by atoms with E-state index in [2.05, 4.69) is 10.3 Å². The van der Waals surface area contributed by atoms with Gasteiger partial charge >= 0.3 is 5.97 Å². The zero-order chi connectivity index (χ0) is 16.7. The molecule has 1 atom stereocenters. The molecule has 0 aliphatic carbocycles. The third kappa shape index (κ3) is 4.83. The predicted octanol–water partition coefficient (Wildman–Crippen LogP) is 1.13. The predicted molar refractivity (Wildman–Crippen MR) is 78.4 cm³/mol. The molecule has 0 saturated carbocycles. The molecule has 0 spiro atoms. The second-order valence-electron chi connectivity index (χ2n) is 4.89. The normalized spacial score (nSPS) is 11.6. The number of ether oxygens (including phenoxy) is 1. The number of nitrogens with zero attached hydrogens (tertiary/aromatic N) is 1. The fraction of sp³-hybridized carbons (Fsp3) is 0.467. The van der Waals surface area contributed by atoms with E-state index in [0.717, 1.165) is 0 Å². The number of hydrogen-bond donors (Lipinski definition) is 2. The number of aromatic hydroxyl groups is 1. The van der Waals surface area contributed by atoms with E-state index >= 15 is 0 Å². The van der Waals surface area contributed by atoms with Gasteiger partial charge in [0.15, 0.2) is 11.5 Å². The van der Waals surface area contributed by atoms with Crippen molar-refractivity contribution in [2.24, 2.45) is 0 Å². The van der Waals surface area contributed by atoms with Crippen LogP contribution in [0.15, 0.2) is 12.3 Å². The minimum absolute atomic E-state index is 0.175. The summed E-state index contributed by atoms with van der Waals surface area (Å²) in [5.74, 6) is -1.73. The number of ketones is 1. The molecule has 22 heavy (non-hydrogen) atoms. The van der Waals surface area contributed by atoms with Crippen molar-refractivity contribution in [1.29, 1.82) is 0 Å². The van der Waals surface area contributed by atoms with Crippen LogP contribution in [0, 0.1) is 6.92 Å². The maximum Gasteiger partial charge on any atom is 0.305 e. The van der Waals surface area contributed by atoms with Crippen molar-refractivity contribution in [2.75, 3.05) is 6.61 Å². The summed E-state index contributed by atoms with van der Waals surface area (Å²) in [4.78, 5) is 38.7. The molecule has 7 nitrogen and oxygen atoms in total. The van der Waals surface area contributed by atoms with Crippen molar-refractivity contribution in [1.82, 2.24) is 10.3 Å². The Labute approximate surface area is 128 Å². The van der Waals surface area contributed by atoms with Gasteiger partial charge < -0.3 is 15.2 Å². The van der Waals surface area contributed by atoms with Crippen LogP contribution in [0.5, 0.6) is 5.75 Å². The largest absolute Gasteiger partial charge is 0.505 e. The van der Waals surface area contributed by atoms with Gasteiger partial charge in [0, 0.05) is 12.6 Å². The second-order valence-corrected chi connectivity index (χ2v) is 4.89. The molecule has 0 aromatic carbocycles. The molecule has 1 rings (SSSR count). The van der Waals surface area contributed by atoms with E-state index in [1.165, 1.54) is 13.1 Å². The van der Waals surface area contributed by atoms with E-state index in [9.17, 15) is 19.5 Å². The van der Waals surface area contributed by atoms with Crippen LogP contribution >= 0.6 is 0 Å². The highest BCUT2D eigenvalue weighted by molar-refractivity contribution is 5.98. The topological polar surface area (TPSA) is 106 Å². The summed E-state index contributed by atoms with van der Waals surface area (Å²) in [5.41, 5.74) is 0.319. The lowest BCUT2D eigenvalue weighted by Gasteiger charge is -2.16. The zero-order valence-corrected chi connectivity index (χ0v) is 12.9. The van der Waals surface area contributed by atoms with Gasteiger partial charge in [-0.2, -0.15) is 0 Å². The Hall–Kier alpha value is -2.44. The van der Waals surface area contributed by atoms with Crippen molar-refractivity contribution in [3.8, 4) is 5.75 Å². The Morgan fingerprint density at radius 2 is 2.09 bits per heavy atom. The number of aryl methyl sites for hydroxylation is 1. The maximum absolute atomic E-state index is 12.1. The summed E-state index contributed by atoms with van der Waals surface area (Å²) >= 11 is 0. The molecule has 0 saturated heterocycles. The monoisotopic (exact) mass is 308 g/mol. The third-order valence-corrected chi connectivity index (χ3v) is 3.00. The van der Waals surface area contributed by atoms with Crippen LogP contribution in [0.25, 0.3) is 0 Å². The van der Waals surface area contributed by atoms with Crippen molar-refractivity contribution < 1.29 is 24.2 Å². The Morgan fingerprint density at radius 1 is 1.41 bits per heavy atom. The van der Waals surface area contributed by atoms with Crippen LogP contribution in [-0.4, -0.2) is 40.4 Å². The molecule has 0 aliphatic rings. The molecule has 1 amide bonds. The minimum atomic E-state index is -0.977. The van der Waals surface area contributed by atoms with E-state index in [1.807, 2.05) is 6.92 Å². The number of esters is 1. The van der Waals surface area contributed by atoms with Crippen LogP contribution in [0.1, 0.15) is 42.7 Å². The Morgan fingerprint density at radius 3 is 2.68 bits per heavy atom. The van der Waals surface area contributed by atoms with Crippen LogP contribution in [0.4, 0.5) is 0 Å². The fourth-order valence-electron chi connectivity index (χ4n) is 1.66. The Kier molecular flexibility index (Phi) is 6.49. The maximum atomic E-state index is 12.1. The van der Waals surface area contributed by atoms with Crippen molar-refractivity contribution >= 4 is 17.7 Å². The van der Waals surface area contributed by atoms with Gasteiger partial charge in [0.2, 0.25) is 0 Å². The number of Topliss-reactive ketones (excluding diaryl/α,β-unsaturated/α-hetero) is 1. The Bertz CT molecular complexity index is 571. The molecule has 1 aromatic heterocycles. The number of aromatic nitrogens is 1. The van der Waals surface area contributed by atoms with Crippen LogP contribution in [0.2, 0.25) is 0 Å². The molecule has 120 valence electrons. The number of rotatable bonds is 7. The fourth-order valence-corrected chi connectivity index (χ4v) is 1.66. The van der Waals surface area contributed by atoms with Crippen LogP contribution in [0.3, 0.4) is 0 Å². The first kappa shape index (κ1) is 17.6. The molecular formula is C15H20N2O5. The SMILES string of the molecule is CCCC(=O)OCC(NC(=O)c1nccc(C)c1O)C(C)=O. The van der Waals surface area contributed by atoms with Crippen LogP contribution in [-0.2, 0) is 14.3 Å². The number of nitrogens with one attached hydrogen (secondary N) is 1. The highest BCUT2D eigenvalue weighted by atomic mass is 16.5. The number of pyridine rings is 1. The van der Waals surface area contributed by atoms with Gasteiger partial charge in [0.05, 0.1) is 0 Å². The molecule has 7 heteroatoms. The van der Waals surface area contributed by atoms with E-state index in [4.69, 9.17) is 4.74 Å². The van der Waals surface area contributed by atoms with E-state index < -0.39 is 17.9 Å². The van der Waals surface area contributed by atoms with Gasteiger partial charge in [-0.25, -0.2) is 4.98 Å². The lowest BCUT2D eigenvalue weighted by molar-refractivity contribution is -0.145. The zero-order valence-electron chi connectivity index (χ0n) is 12.9. The standard InChI is InChI=1S/C15H20N2O5/c1-4-5-12(19)22-8-11(10(3)18)17-15(21)13-14(20)9(2)6-7-16-13/h6-7,11,20H,4-5,8H2,1-3H3,(H,17,21). The number of hydrogen-bond acceptors (Lipinski definition) is 6. The van der Waals surface area contributed by atoms with Crippen molar-refractivity contribution in [3.63, 3.8) is 0 Å².